The maximum atomic E-state index is 5.32. The Morgan fingerprint density at radius 1 is 1.43 bits per heavy atom. The van der Waals surface area contributed by atoms with Crippen molar-refractivity contribution in [1.82, 2.24) is 0 Å². The van der Waals surface area contributed by atoms with Gasteiger partial charge in [-0.1, -0.05) is 5.92 Å². The minimum Gasteiger partial charge on any atom is -0.481 e. The van der Waals surface area contributed by atoms with E-state index in [1.807, 2.05) is 24.3 Å². The van der Waals surface area contributed by atoms with E-state index in [1.165, 1.54) is 10.1 Å². The van der Waals surface area contributed by atoms with Crippen LogP contribution in [0.4, 0.5) is 0 Å². The third-order valence-corrected chi connectivity index (χ3v) is 3.10. The second-order valence-corrected chi connectivity index (χ2v) is 4.65. The summed E-state index contributed by atoms with van der Waals surface area (Å²) in [5, 5.41) is 1.19. The fraction of sp³-hybridized carbons (Fsp3) is 0.0909. The van der Waals surface area contributed by atoms with Gasteiger partial charge in [-0.15, -0.1) is 30.4 Å². The minimum absolute atomic E-state index is 0.310. The molecule has 2 rings (SSSR count). The molecule has 1 nitrogen and oxygen atoms in total. The Morgan fingerprint density at radius 3 is 3.07 bits per heavy atom. The first-order valence-corrected chi connectivity index (χ1v) is 5.35. The Labute approximate surface area is 92.1 Å². The molecule has 2 aromatic rings. The standard InChI is InChI=1S/C11H8OS2/c1-2-5-12-9-4-3-8-6-11(13)14-10(8)7-9/h1,3-4,6-7,13H,5H2. The molecule has 1 aromatic heterocycles. The van der Waals surface area contributed by atoms with Crippen LogP contribution >= 0.6 is 24.0 Å². The molecule has 0 aliphatic rings. The van der Waals surface area contributed by atoms with E-state index in [4.69, 9.17) is 11.2 Å². The van der Waals surface area contributed by atoms with Gasteiger partial charge in [-0.2, -0.15) is 0 Å². The summed E-state index contributed by atoms with van der Waals surface area (Å²) in [4.78, 5) is 0. The lowest BCUT2D eigenvalue weighted by Crippen LogP contribution is -1.92. The summed E-state index contributed by atoms with van der Waals surface area (Å²) in [6.07, 6.45) is 5.11. The smallest absolute Gasteiger partial charge is 0.148 e. The highest BCUT2D eigenvalue weighted by molar-refractivity contribution is 7.83. The zero-order chi connectivity index (χ0) is 9.97. The summed E-state index contributed by atoms with van der Waals surface area (Å²) in [5.41, 5.74) is 0. The lowest BCUT2D eigenvalue weighted by Gasteiger charge is -2.00. The molecular formula is C11H8OS2. The fourth-order valence-corrected chi connectivity index (χ4v) is 2.48. The average Bonchev–Trinajstić information content (AvgIpc) is 2.54. The molecule has 0 fully saturated rings. The van der Waals surface area contributed by atoms with Crippen molar-refractivity contribution in [2.24, 2.45) is 0 Å². The first kappa shape index (κ1) is 9.45. The first-order chi connectivity index (χ1) is 6.79. The molecule has 0 saturated heterocycles. The zero-order valence-electron chi connectivity index (χ0n) is 7.36. The predicted molar refractivity (Wildman–Crippen MR) is 63.4 cm³/mol. The fourth-order valence-electron chi connectivity index (χ4n) is 1.21. The van der Waals surface area contributed by atoms with Crippen LogP contribution < -0.4 is 4.74 Å². The number of terminal acetylenes is 1. The number of hydrogen-bond acceptors (Lipinski definition) is 3. The summed E-state index contributed by atoms with van der Waals surface area (Å²) in [7, 11) is 0. The van der Waals surface area contributed by atoms with Crippen molar-refractivity contribution in [3.8, 4) is 18.1 Å². The summed E-state index contributed by atoms with van der Waals surface area (Å²) in [5.74, 6) is 3.25. The van der Waals surface area contributed by atoms with Gasteiger partial charge in [-0.05, 0) is 29.7 Å². The number of fused-ring (bicyclic) bond motifs is 1. The van der Waals surface area contributed by atoms with E-state index in [9.17, 15) is 0 Å². The monoisotopic (exact) mass is 220 g/mol. The predicted octanol–water partition coefficient (Wildman–Crippen LogP) is 3.20. The van der Waals surface area contributed by atoms with Crippen LogP contribution in [0, 0.1) is 12.3 Å². The van der Waals surface area contributed by atoms with Crippen LogP contribution in [0.1, 0.15) is 0 Å². The normalized spacial score (nSPS) is 10.0. The number of ether oxygens (including phenoxy) is 1. The summed E-state index contributed by atoms with van der Waals surface area (Å²) in [6.45, 7) is 0.310. The number of thiol groups is 1. The van der Waals surface area contributed by atoms with Crippen LogP contribution in [-0.2, 0) is 0 Å². The molecule has 0 N–H and O–H groups in total. The van der Waals surface area contributed by atoms with Gasteiger partial charge in [0.15, 0.2) is 0 Å². The van der Waals surface area contributed by atoms with Gasteiger partial charge in [-0.25, -0.2) is 0 Å². The van der Waals surface area contributed by atoms with Crippen LogP contribution in [0.5, 0.6) is 5.75 Å². The number of hydrogen-bond donors (Lipinski definition) is 1. The second kappa shape index (κ2) is 3.95. The molecule has 0 spiro atoms. The summed E-state index contributed by atoms with van der Waals surface area (Å²) in [6, 6.07) is 7.95. The lowest BCUT2D eigenvalue weighted by molar-refractivity contribution is 0.371. The number of rotatable bonds is 2. The van der Waals surface area contributed by atoms with Crippen molar-refractivity contribution in [2.45, 2.75) is 4.21 Å². The van der Waals surface area contributed by atoms with Gasteiger partial charge in [0.2, 0.25) is 0 Å². The third kappa shape index (κ3) is 1.87. The maximum Gasteiger partial charge on any atom is 0.148 e. The molecule has 1 heterocycles. The topological polar surface area (TPSA) is 9.23 Å². The molecule has 3 heteroatoms. The van der Waals surface area contributed by atoms with Crippen molar-refractivity contribution >= 4 is 34.1 Å². The highest BCUT2D eigenvalue weighted by Gasteiger charge is 2.00. The molecule has 0 aliphatic heterocycles. The molecule has 0 unspecified atom stereocenters. The van der Waals surface area contributed by atoms with Gasteiger partial charge in [0.1, 0.15) is 12.4 Å². The van der Waals surface area contributed by atoms with E-state index in [2.05, 4.69) is 18.5 Å². The van der Waals surface area contributed by atoms with Crippen molar-refractivity contribution < 1.29 is 4.74 Å². The zero-order valence-corrected chi connectivity index (χ0v) is 9.07. The van der Waals surface area contributed by atoms with Gasteiger partial charge in [0.05, 0.1) is 4.21 Å². The second-order valence-electron chi connectivity index (χ2n) is 2.78. The van der Waals surface area contributed by atoms with Crippen molar-refractivity contribution in [2.75, 3.05) is 6.61 Å². The quantitative estimate of drug-likeness (QED) is 0.604. The van der Waals surface area contributed by atoms with Crippen LogP contribution in [0.25, 0.3) is 10.1 Å². The SMILES string of the molecule is C#CCOc1ccc2cc(S)sc2c1. The first-order valence-electron chi connectivity index (χ1n) is 4.08. The molecule has 0 amide bonds. The summed E-state index contributed by atoms with van der Waals surface area (Å²) < 4.78 is 7.50. The summed E-state index contributed by atoms with van der Waals surface area (Å²) >= 11 is 5.93. The molecule has 70 valence electrons. The molecule has 0 saturated carbocycles. The van der Waals surface area contributed by atoms with Crippen LogP contribution in [0.15, 0.2) is 28.5 Å². The Balaban J connectivity index is 2.36. The van der Waals surface area contributed by atoms with Gasteiger partial charge < -0.3 is 4.74 Å². The Hall–Kier alpha value is -1.11. The highest BCUT2D eigenvalue weighted by atomic mass is 32.2. The average molecular weight is 220 g/mol. The largest absolute Gasteiger partial charge is 0.481 e. The molecule has 0 radical (unpaired) electrons. The number of benzene rings is 1. The van der Waals surface area contributed by atoms with E-state index in [-0.39, 0.29) is 0 Å². The van der Waals surface area contributed by atoms with Crippen LogP contribution in [0.3, 0.4) is 0 Å². The highest BCUT2D eigenvalue weighted by Crippen LogP contribution is 2.30. The van der Waals surface area contributed by atoms with Gasteiger partial charge in [0.25, 0.3) is 0 Å². The van der Waals surface area contributed by atoms with E-state index in [0.29, 0.717) is 6.61 Å². The molecular weight excluding hydrogens is 212 g/mol. The Kier molecular flexibility index (Phi) is 2.67. The molecule has 14 heavy (non-hydrogen) atoms. The van der Waals surface area contributed by atoms with Crippen molar-refractivity contribution in [3.05, 3.63) is 24.3 Å². The molecule has 0 aliphatic carbocycles. The van der Waals surface area contributed by atoms with Crippen molar-refractivity contribution in [3.63, 3.8) is 0 Å². The minimum atomic E-state index is 0.310. The van der Waals surface area contributed by atoms with Crippen LogP contribution in [0.2, 0.25) is 0 Å². The maximum absolute atomic E-state index is 5.32. The third-order valence-electron chi connectivity index (χ3n) is 1.80. The molecule has 0 bridgehead atoms. The van der Waals surface area contributed by atoms with Gasteiger partial charge in [0, 0.05) is 4.70 Å². The van der Waals surface area contributed by atoms with E-state index >= 15 is 0 Å². The van der Waals surface area contributed by atoms with Gasteiger partial charge in [-0.3, -0.25) is 0 Å². The molecule has 0 atom stereocenters. The van der Waals surface area contributed by atoms with E-state index < -0.39 is 0 Å². The Morgan fingerprint density at radius 2 is 2.29 bits per heavy atom. The van der Waals surface area contributed by atoms with Crippen LogP contribution in [-0.4, -0.2) is 6.61 Å². The number of thiophene rings is 1. The van der Waals surface area contributed by atoms with Crippen molar-refractivity contribution in [1.29, 1.82) is 0 Å². The molecule has 1 aromatic carbocycles. The lowest BCUT2D eigenvalue weighted by atomic mass is 10.2. The van der Waals surface area contributed by atoms with E-state index in [0.717, 1.165) is 9.96 Å². The van der Waals surface area contributed by atoms with E-state index in [1.54, 1.807) is 11.3 Å². The van der Waals surface area contributed by atoms with Gasteiger partial charge >= 0.3 is 0 Å². The Bertz CT molecular complexity index is 493.